The fraction of sp³-hybridized carbons (Fsp3) is 0.324. The molecule has 0 saturated carbocycles. The predicted molar refractivity (Wildman–Crippen MR) is 170 cm³/mol. The molecule has 0 aromatic heterocycles. The summed E-state index contributed by atoms with van der Waals surface area (Å²) < 4.78 is 4.90. The number of carbonyl (C=O) groups is 3. The van der Waals surface area contributed by atoms with Crippen molar-refractivity contribution in [1.29, 1.82) is 0 Å². The van der Waals surface area contributed by atoms with Crippen LogP contribution in [0.25, 0.3) is 11.3 Å². The summed E-state index contributed by atoms with van der Waals surface area (Å²) in [5, 5.41) is 9.37. The summed E-state index contributed by atoms with van der Waals surface area (Å²) in [4.78, 5) is 43.1. The monoisotopic (exact) mass is 581 g/mol. The molecule has 0 atom stereocenters. The van der Waals surface area contributed by atoms with E-state index in [9.17, 15) is 14.4 Å². The van der Waals surface area contributed by atoms with Crippen LogP contribution in [-0.4, -0.2) is 81.0 Å². The molecular weight excluding hydrogens is 542 g/mol. The maximum Gasteiger partial charge on any atom is 0.338 e. The largest absolute Gasteiger partial charge is 0.465 e. The van der Waals surface area contributed by atoms with Gasteiger partial charge in [0.05, 0.1) is 29.6 Å². The highest BCUT2D eigenvalue weighted by atomic mass is 16.5. The summed E-state index contributed by atoms with van der Waals surface area (Å²) in [7, 11) is 5.60. The molecule has 3 aromatic carbocycles. The van der Waals surface area contributed by atoms with Gasteiger partial charge in [-0.3, -0.25) is 9.59 Å². The van der Waals surface area contributed by atoms with Crippen molar-refractivity contribution in [3.8, 4) is 0 Å². The number of amides is 2. The molecule has 1 fully saturated rings. The van der Waals surface area contributed by atoms with Crippen molar-refractivity contribution < 1.29 is 19.1 Å². The normalized spacial score (nSPS) is 16.4. The van der Waals surface area contributed by atoms with Gasteiger partial charge >= 0.3 is 5.97 Å². The van der Waals surface area contributed by atoms with E-state index in [1.54, 1.807) is 18.2 Å². The van der Waals surface area contributed by atoms with Crippen molar-refractivity contribution >= 4 is 40.4 Å². The smallest absolute Gasteiger partial charge is 0.338 e. The van der Waals surface area contributed by atoms with E-state index >= 15 is 0 Å². The quantitative estimate of drug-likeness (QED) is 0.253. The average molecular weight is 582 g/mol. The summed E-state index contributed by atoms with van der Waals surface area (Å²) in [6.45, 7) is 5.35. The van der Waals surface area contributed by atoms with Gasteiger partial charge in [-0.05, 0) is 94.5 Å². The molecule has 1 saturated heterocycles. The van der Waals surface area contributed by atoms with E-state index in [4.69, 9.17) is 4.74 Å². The Balaban J connectivity index is 1.31. The summed E-state index contributed by atoms with van der Waals surface area (Å²) in [6, 6.07) is 21.0. The highest BCUT2D eigenvalue weighted by Crippen LogP contribution is 2.39. The van der Waals surface area contributed by atoms with E-state index in [0.29, 0.717) is 51.8 Å². The molecule has 0 unspecified atom stereocenters. The zero-order valence-corrected chi connectivity index (χ0v) is 25.2. The van der Waals surface area contributed by atoms with E-state index in [1.807, 2.05) is 55.5 Å². The van der Waals surface area contributed by atoms with Crippen molar-refractivity contribution in [2.24, 2.45) is 0 Å². The summed E-state index contributed by atoms with van der Waals surface area (Å²) in [5.74, 6) is -0.843. The molecule has 9 nitrogen and oxygen atoms in total. The first-order chi connectivity index (χ1) is 20.7. The maximum absolute atomic E-state index is 13.3. The number of nitrogens with one attached hydrogen (secondary N) is 3. The number of carbonyl (C=O) groups excluding carboxylic acids is 3. The van der Waals surface area contributed by atoms with Crippen LogP contribution < -0.4 is 16.0 Å². The van der Waals surface area contributed by atoms with E-state index in [0.717, 1.165) is 43.7 Å². The van der Waals surface area contributed by atoms with E-state index < -0.39 is 5.97 Å². The predicted octanol–water partition coefficient (Wildman–Crippen LogP) is 4.47. The minimum absolute atomic E-state index is 0.114. The molecular formula is C34H39N5O4. The molecule has 2 heterocycles. The highest BCUT2D eigenvalue weighted by Gasteiger charge is 2.30. The van der Waals surface area contributed by atoms with Gasteiger partial charge in [-0.2, -0.15) is 0 Å². The third kappa shape index (κ3) is 6.79. The van der Waals surface area contributed by atoms with Crippen LogP contribution >= 0.6 is 0 Å². The van der Waals surface area contributed by atoms with E-state index in [2.05, 4.69) is 39.8 Å². The van der Waals surface area contributed by atoms with Crippen LogP contribution in [0.5, 0.6) is 0 Å². The topological polar surface area (TPSA) is 103 Å². The third-order valence-electron chi connectivity index (χ3n) is 8.24. The fourth-order valence-electron chi connectivity index (χ4n) is 5.73. The van der Waals surface area contributed by atoms with Gasteiger partial charge in [0.1, 0.15) is 0 Å². The Labute approximate surface area is 252 Å². The highest BCUT2D eigenvalue weighted by molar-refractivity contribution is 6.37. The lowest BCUT2D eigenvalue weighted by molar-refractivity contribution is -0.110. The summed E-state index contributed by atoms with van der Waals surface area (Å²) >= 11 is 0. The molecule has 2 amide bonds. The molecule has 2 aliphatic heterocycles. The number of likely N-dealkylation sites (tertiary alicyclic amines) is 1. The molecule has 224 valence electrons. The number of esters is 1. The van der Waals surface area contributed by atoms with Crippen molar-refractivity contribution in [2.45, 2.75) is 25.8 Å². The third-order valence-corrected chi connectivity index (χ3v) is 8.24. The van der Waals surface area contributed by atoms with Gasteiger partial charge in [0.15, 0.2) is 0 Å². The van der Waals surface area contributed by atoms with Gasteiger partial charge in [0.2, 0.25) is 0 Å². The van der Waals surface area contributed by atoms with Crippen LogP contribution in [0.1, 0.15) is 50.2 Å². The number of hydrogen-bond donors (Lipinski definition) is 3. The van der Waals surface area contributed by atoms with Gasteiger partial charge in [-0.25, -0.2) is 4.79 Å². The zero-order chi connectivity index (χ0) is 30.5. The van der Waals surface area contributed by atoms with Crippen LogP contribution in [-0.2, 0) is 9.53 Å². The van der Waals surface area contributed by atoms with Crippen molar-refractivity contribution in [2.75, 3.05) is 58.0 Å². The molecule has 0 bridgehead atoms. The molecule has 3 N–H and O–H groups in total. The van der Waals surface area contributed by atoms with Gasteiger partial charge in [-0.15, -0.1) is 0 Å². The van der Waals surface area contributed by atoms with E-state index in [-0.39, 0.29) is 11.8 Å². The van der Waals surface area contributed by atoms with Gasteiger partial charge < -0.3 is 30.5 Å². The fourth-order valence-corrected chi connectivity index (χ4v) is 5.73. The second-order valence-electron chi connectivity index (χ2n) is 11.3. The number of ether oxygens (including phenoxy) is 1. The van der Waals surface area contributed by atoms with Crippen molar-refractivity contribution in [1.82, 2.24) is 15.1 Å². The Morgan fingerprint density at radius 2 is 1.70 bits per heavy atom. The number of benzene rings is 3. The number of hydrogen-bond acceptors (Lipinski definition) is 7. The van der Waals surface area contributed by atoms with Crippen LogP contribution in [0, 0.1) is 6.92 Å². The van der Waals surface area contributed by atoms with Crippen molar-refractivity contribution in [3.63, 3.8) is 0 Å². The first kappa shape index (κ1) is 30.0. The number of piperidine rings is 1. The Kier molecular flexibility index (Phi) is 9.23. The maximum atomic E-state index is 13.3. The summed E-state index contributed by atoms with van der Waals surface area (Å²) in [6.07, 6.45) is 2.30. The average Bonchev–Trinajstić information content (AvgIpc) is 3.34. The second-order valence-corrected chi connectivity index (χ2v) is 11.3. The second kappa shape index (κ2) is 13.2. The van der Waals surface area contributed by atoms with Gasteiger partial charge in [0, 0.05) is 35.9 Å². The molecule has 0 spiro atoms. The first-order valence-corrected chi connectivity index (χ1v) is 14.6. The Morgan fingerprint density at radius 1 is 1.00 bits per heavy atom. The van der Waals surface area contributed by atoms with Crippen molar-refractivity contribution in [3.05, 3.63) is 94.5 Å². The lowest BCUT2D eigenvalue weighted by Gasteiger charge is -2.35. The van der Waals surface area contributed by atoms with Gasteiger partial charge in [-0.1, -0.05) is 30.3 Å². The van der Waals surface area contributed by atoms with Crippen LogP contribution in [0.4, 0.5) is 11.4 Å². The zero-order valence-electron chi connectivity index (χ0n) is 25.2. The number of aryl methyl sites for hydroxylation is 1. The molecule has 9 heteroatoms. The molecule has 43 heavy (non-hydrogen) atoms. The molecule has 3 aromatic rings. The molecule has 5 rings (SSSR count). The summed E-state index contributed by atoms with van der Waals surface area (Å²) in [5.41, 5.74) is 5.58. The molecule has 0 aliphatic carbocycles. The van der Waals surface area contributed by atoms with E-state index in [1.165, 1.54) is 7.11 Å². The Hall–Kier alpha value is -4.47. The number of anilines is 2. The standard InChI is InChI=1S/C34H39N5O4/c1-22-20-28-29(21-27(22)34(42)43-4)37-33(41)30(28)31(23-8-6-5-7-9-23)36-25-12-10-24(11-13-25)32(40)35-16-19-39-17-14-26(15-18-39)38(2)3/h5-13,20-21,26,36H,14-19H2,1-4H3,(H,35,40)(H,37,41)/b31-30+. The number of nitrogens with zero attached hydrogens (tertiary/aromatic N) is 2. The van der Waals surface area contributed by atoms with Gasteiger partial charge in [0.25, 0.3) is 11.8 Å². The number of rotatable bonds is 9. The minimum atomic E-state index is -0.456. The Bertz CT molecular complexity index is 1520. The lowest BCUT2D eigenvalue weighted by Crippen LogP contribution is -2.44. The molecule has 2 aliphatic rings. The minimum Gasteiger partial charge on any atom is -0.465 e. The lowest BCUT2D eigenvalue weighted by atomic mass is 9.96. The Morgan fingerprint density at radius 3 is 2.35 bits per heavy atom. The number of methoxy groups -OCH3 is 1. The first-order valence-electron chi connectivity index (χ1n) is 14.6. The molecule has 0 radical (unpaired) electrons. The number of fused-ring (bicyclic) bond motifs is 1. The van der Waals surface area contributed by atoms with Crippen LogP contribution in [0.2, 0.25) is 0 Å². The van der Waals surface area contributed by atoms with Crippen LogP contribution in [0.15, 0.2) is 66.7 Å². The SMILES string of the molecule is COC(=O)c1cc2c(cc1C)/C(=C(\Nc1ccc(C(=O)NCCN3CCC(N(C)C)CC3)cc1)c1ccccc1)C(=O)N2. The van der Waals surface area contributed by atoms with Crippen LogP contribution in [0.3, 0.4) is 0 Å².